The lowest BCUT2D eigenvalue weighted by molar-refractivity contribution is 0.618. The van der Waals surface area contributed by atoms with Crippen molar-refractivity contribution in [3.05, 3.63) is 34.1 Å². The summed E-state index contributed by atoms with van der Waals surface area (Å²) in [5, 5.41) is 0. The predicted molar refractivity (Wildman–Crippen MR) is 74.7 cm³/mol. The van der Waals surface area contributed by atoms with Crippen molar-refractivity contribution in [2.75, 3.05) is 0 Å². The molecule has 0 spiro atoms. The highest BCUT2D eigenvalue weighted by atomic mass is 79.9. The zero-order valence-corrected chi connectivity index (χ0v) is 12.7. The van der Waals surface area contributed by atoms with Crippen LogP contribution in [0.5, 0.6) is 0 Å². The smallest absolute Gasteiger partial charge is 0.137 e. The lowest BCUT2D eigenvalue weighted by atomic mass is 10.1. The van der Waals surface area contributed by atoms with Crippen LogP contribution < -0.4 is 0 Å². The van der Waals surface area contributed by atoms with Gasteiger partial charge in [0.2, 0.25) is 0 Å². The van der Waals surface area contributed by atoms with Crippen molar-refractivity contribution in [2.45, 2.75) is 43.9 Å². The fraction of sp³-hybridized carbons (Fsp3) is 0.538. The van der Waals surface area contributed by atoms with E-state index in [1.807, 2.05) is 12.1 Å². The van der Waals surface area contributed by atoms with Crippen molar-refractivity contribution in [3.63, 3.8) is 0 Å². The average molecular weight is 352 g/mol. The van der Waals surface area contributed by atoms with Gasteiger partial charge in [0.05, 0.1) is 4.47 Å². The van der Waals surface area contributed by atoms with Gasteiger partial charge in [-0.1, -0.05) is 35.3 Å². The summed E-state index contributed by atoms with van der Waals surface area (Å²) in [7, 11) is 0. The monoisotopic (exact) mass is 350 g/mol. The summed E-state index contributed by atoms with van der Waals surface area (Å²) < 4.78 is 13.6. The first-order valence-corrected chi connectivity index (χ1v) is 7.42. The second-order valence-corrected chi connectivity index (χ2v) is 6.18. The second-order valence-electron chi connectivity index (χ2n) is 4.03. The third-order valence-electron chi connectivity index (χ3n) is 2.57. The maximum atomic E-state index is 13.0. The highest BCUT2D eigenvalue weighted by molar-refractivity contribution is 9.10. The predicted octanol–water partition coefficient (Wildman–Crippen LogP) is 5.47. The molecule has 0 saturated heterocycles. The lowest BCUT2D eigenvalue weighted by Gasteiger charge is -2.08. The molecule has 0 fully saturated rings. The largest absolute Gasteiger partial charge is 0.206 e. The van der Waals surface area contributed by atoms with E-state index in [-0.39, 0.29) is 5.82 Å². The standard InChI is InChI=1S/C13H17Br2F/c1-2-4-11(14)6-3-5-10-7-8-13(16)12(15)9-10/h7-9,11H,2-6H2,1H3. The van der Waals surface area contributed by atoms with Crippen LogP contribution >= 0.6 is 31.9 Å². The van der Waals surface area contributed by atoms with E-state index in [1.165, 1.54) is 30.9 Å². The van der Waals surface area contributed by atoms with Crippen molar-refractivity contribution < 1.29 is 4.39 Å². The minimum absolute atomic E-state index is 0.187. The van der Waals surface area contributed by atoms with Crippen molar-refractivity contribution in [1.82, 2.24) is 0 Å². The molecule has 16 heavy (non-hydrogen) atoms. The lowest BCUT2D eigenvalue weighted by Crippen LogP contribution is -1.98. The molecule has 0 aliphatic rings. The molecule has 1 aromatic rings. The summed E-state index contributed by atoms with van der Waals surface area (Å²) >= 11 is 6.88. The van der Waals surface area contributed by atoms with Gasteiger partial charge in [-0.15, -0.1) is 0 Å². The van der Waals surface area contributed by atoms with Crippen molar-refractivity contribution in [1.29, 1.82) is 0 Å². The van der Waals surface area contributed by atoms with E-state index in [0.29, 0.717) is 9.30 Å². The Balaban J connectivity index is 2.34. The molecule has 0 bridgehead atoms. The molecule has 0 radical (unpaired) electrons. The van der Waals surface area contributed by atoms with E-state index < -0.39 is 0 Å². The number of alkyl halides is 1. The van der Waals surface area contributed by atoms with E-state index in [2.05, 4.69) is 38.8 Å². The first-order chi connectivity index (χ1) is 7.63. The molecule has 1 aromatic carbocycles. The minimum atomic E-state index is -0.187. The molecule has 0 saturated carbocycles. The maximum absolute atomic E-state index is 13.0. The van der Waals surface area contributed by atoms with E-state index in [9.17, 15) is 4.39 Å². The topological polar surface area (TPSA) is 0 Å². The number of rotatable bonds is 6. The summed E-state index contributed by atoms with van der Waals surface area (Å²) in [4.78, 5) is 0.626. The Morgan fingerprint density at radius 3 is 2.69 bits per heavy atom. The Morgan fingerprint density at radius 1 is 1.31 bits per heavy atom. The molecule has 0 aromatic heterocycles. The fourth-order valence-electron chi connectivity index (χ4n) is 1.68. The molecule has 1 atom stereocenters. The SMILES string of the molecule is CCCC(Br)CCCc1ccc(F)c(Br)c1. The third kappa shape index (κ3) is 4.96. The van der Waals surface area contributed by atoms with Crippen LogP contribution in [0.15, 0.2) is 22.7 Å². The van der Waals surface area contributed by atoms with Crippen LogP contribution in [0.25, 0.3) is 0 Å². The molecular weight excluding hydrogens is 335 g/mol. The molecule has 0 nitrogen and oxygen atoms in total. The summed E-state index contributed by atoms with van der Waals surface area (Å²) in [6, 6.07) is 5.26. The molecule has 0 aliphatic heterocycles. The van der Waals surface area contributed by atoms with Crippen LogP contribution in [-0.2, 0) is 6.42 Å². The molecule has 1 rings (SSSR count). The van der Waals surface area contributed by atoms with Gasteiger partial charge in [-0.2, -0.15) is 0 Å². The highest BCUT2D eigenvalue weighted by Crippen LogP contribution is 2.20. The van der Waals surface area contributed by atoms with Gasteiger partial charge in [-0.25, -0.2) is 4.39 Å². The molecule has 1 unspecified atom stereocenters. The van der Waals surface area contributed by atoms with Crippen LogP contribution in [-0.4, -0.2) is 4.83 Å². The normalized spacial score (nSPS) is 12.8. The molecule has 90 valence electrons. The van der Waals surface area contributed by atoms with Crippen LogP contribution in [0.2, 0.25) is 0 Å². The van der Waals surface area contributed by atoms with E-state index in [4.69, 9.17) is 0 Å². The number of benzene rings is 1. The Labute approximate surface area is 114 Å². The van der Waals surface area contributed by atoms with Crippen LogP contribution in [0, 0.1) is 5.82 Å². The first kappa shape index (κ1) is 14.2. The van der Waals surface area contributed by atoms with E-state index in [0.717, 1.165) is 12.8 Å². The van der Waals surface area contributed by atoms with Gasteiger partial charge in [-0.05, 0) is 59.3 Å². The maximum Gasteiger partial charge on any atom is 0.137 e. The Bertz CT molecular complexity index is 326. The second kappa shape index (κ2) is 7.44. The Kier molecular flexibility index (Phi) is 6.59. The van der Waals surface area contributed by atoms with Gasteiger partial charge in [0.1, 0.15) is 5.82 Å². The number of aryl methyl sites for hydroxylation is 1. The van der Waals surface area contributed by atoms with Gasteiger partial charge in [0, 0.05) is 4.83 Å². The average Bonchev–Trinajstić information content (AvgIpc) is 2.24. The molecular formula is C13H17Br2F. The molecule has 3 heteroatoms. The van der Waals surface area contributed by atoms with E-state index in [1.54, 1.807) is 0 Å². The van der Waals surface area contributed by atoms with Gasteiger partial charge in [0.15, 0.2) is 0 Å². The van der Waals surface area contributed by atoms with Gasteiger partial charge >= 0.3 is 0 Å². The zero-order chi connectivity index (χ0) is 12.0. The number of hydrogen-bond acceptors (Lipinski definition) is 0. The first-order valence-electron chi connectivity index (χ1n) is 5.71. The quantitative estimate of drug-likeness (QED) is 0.595. The zero-order valence-electron chi connectivity index (χ0n) is 9.48. The van der Waals surface area contributed by atoms with Crippen LogP contribution in [0.1, 0.15) is 38.2 Å². The molecule has 0 N–H and O–H groups in total. The Hall–Kier alpha value is 0.110. The Morgan fingerprint density at radius 2 is 2.06 bits per heavy atom. The van der Waals surface area contributed by atoms with Gasteiger partial charge in [0.25, 0.3) is 0 Å². The number of hydrogen-bond donors (Lipinski definition) is 0. The fourth-order valence-corrected chi connectivity index (χ4v) is 2.89. The molecule has 0 aliphatic carbocycles. The molecule has 0 amide bonds. The number of halogens is 3. The summed E-state index contributed by atoms with van der Waals surface area (Å²) in [6.07, 6.45) is 5.80. The van der Waals surface area contributed by atoms with Gasteiger partial charge in [-0.3, -0.25) is 0 Å². The highest BCUT2D eigenvalue weighted by Gasteiger charge is 2.04. The van der Waals surface area contributed by atoms with E-state index >= 15 is 0 Å². The van der Waals surface area contributed by atoms with Crippen molar-refractivity contribution in [2.24, 2.45) is 0 Å². The van der Waals surface area contributed by atoms with Crippen molar-refractivity contribution in [3.8, 4) is 0 Å². The van der Waals surface area contributed by atoms with Crippen molar-refractivity contribution >= 4 is 31.9 Å². The van der Waals surface area contributed by atoms with Gasteiger partial charge < -0.3 is 0 Å². The summed E-state index contributed by atoms with van der Waals surface area (Å²) in [5.41, 5.74) is 1.20. The summed E-state index contributed by atoms with van der Waals surface area (Å²) in [6.45, 7) is 2.20. The van der Waals surface area contributed by atoms with Crippen LogP contribution in [0.4, 0.5) is 4.39 Å². The third-order valence-corrected chi connectivity index (χ3v) is 4.09. The van der Waals surface area contributed by atoms with Crippen LogP contribution in [0.3, 0.4) is 0 Å². The summed E-state index contributed by atoms with van der Waals surface area (Å²) in [5.74, 6) is -0.187. The molecule has 0 heterocycles. The minimum Gasteiger partial charge on any atom is -0.206 e.